The molecule has 2 amide bonds. The molecule has 2 N–H and O–H groups in total. The van der Waals surface area contributed by atoms with Gasteiger partial charge in [-0.25, -0.2) is 4.98 Å². The molecular weight excluding hydrogens is 460 g/mol. The van der Waals surface area contributed by atoms with Crippen LogP contribution in [0.15, 0.2) is 79.4 Å². The Hall–Kier alpha value is -4.24. The fourth-order valence-electron chi connectivity index (χ4n) is 3.92. The average molecular weight is 485 g/mol. The Morgan fingerprint density at radius 3 is 2.51 bits per heavy atom. The van der Waals surface area contributed by atoms with Crippen LogP contribution < -0.4 is 10.2 Å². The minimum atomic E-state index is -0.537. The summed E-state index contributed by atoms with van der Waals surface area (Å²) < 4.78 is 1.87. The Morgan fingerprint density at radius 1 is 1.09 bits per heavy atom. The molecule has 0 saturated heterocycles. The highest BCUT2D eigenvalue weighted by Gasteiger charge is 2.26. The maximum Gasteiger partial charge on any atom is 0.262 e. The van der Waals surface area contributed by atoms with Gasteiger partial charge in [0.2, 0.25) is 0 Å². The van der Waals surface area contributed by atoms with Gasteiger partial charge in [-0.05, 0) is 49.7 Å². The highest BCUT2D eigenvalue weighted by atomic mass is 32.1. The number of benzene rings is 2. The van der Waals surface area contributed by atoms with E-state index in [0.29, 0.717) is 21.1 Å². The van der Waals surface area contributed by atoms with Gasteiger partial charge in [0.25, 0.3) is 11.8 Å². The second-order valence-electron chi connectivity index (χ2n) is 8.73. The van der Waals surface area contributed by atoms with E-state index in [2.05, 4.69) is 20.5 Å². The number of H-pyrrole nitrogens is 1. The fraction of sp³-hybridized carbons (Fsp3) is 0.154. The average Bonchev–Trinajstić information content (AvgIpc) is 3.61. The van der Waals surface area contributed by atoms with Gasteiger partial charge < -0.3 is 9.88 Å². The number of imidazole rings is 1. The van der Waals surface area contributed by atoms with Crippen molar-refractivity contribution in [3.63, 3.8) is 0 Å². The predicted octanol–water partition coefficient (Wildman–Crippen LogP) is 4.75. The second kappa shape index (κ2) is 8.84. The lowest BCUT2D eigenvalue weighted by Gasteiger charge is -2.26. The van der Waals surface area contributed by atoms with E-state index >= 15 is 0 Å². The van der Waals surface area contributed by atoms with Crippen LogP contribution in [0, 0.1) is 0 Å². The molecule has 176 valence electrons. The van der Waals surface area contributed by atoms with Crippen LogP contribution >= 0.6 is 11.3 Å². The SMILES string of the molecule is CN(C(=O)c1ccc(-n2ccnc2)cc1)c1[nH]nc2sc(C(=O)NC(C)(C)c3ccccc3)cc12. The van der Waals surface area contributed by atoms with Gasteiger partial charge in [0, 0.05) is 30.7 Å². The number of fused-ring (bicyclic) bond motifs is 1. The monoisotopic (exact) mass is 484 g/mol. The van der Waals surface area contributed by atoms with Gasteiger partial charge in [-0.3, -0.25) is 19.6 Å². The van der Waals surface area contributed by atoms with E-state index < -0.39 is 5.54 Å². The summed E-state index contributed by atoms with van der Waals surface area (Å²) in [6.45, 7) is 3.94. The Kier molecular flexibility index (Phi) is 5.70. The number of rotatable bonds is 6. The van der Waals surface area contributed by atoms with Crippen molar-refractivity contribution >= 4 is 39.2 Å². The quantitative estimate of drug-likeness (QED) is 0.363. The Morgan fingerprint density at radius 2 is 1.83 bits per heavy atom. The van der Waals surface area contributed by atoms with Crippen molar-refractivity contribution in [2.75, 3.05) is 11.9 Å². The zero-order valence-electron chi connectivity index (χ0n) is 19.5. The number of hydrogen-bond acceptors (Lipinski definition) is 5. The fourth-order valence-corrected chi connectivity index (χ4v) is 4.81. The van der Waals surface area contributed by atoms with Gasteiger partial charge in [-0.2, -0.15) is 5.10 Å². The summed E-state index contributed by atoms with van der Waals surface area (Å²) in [4.78, 5) is 33.0. The Bertz CT molecular complexity index is 1480. The highest BCUT2D eigenvalue weighted by Crippen LogP contribution is 2.32. The standard InChI is InChI=1S/C26H24N6O2S/c1-26(2,18-7-5-4-6-8-18)28-23(33)21-15-20-22(29-30-24(20)35-21)31(3)25(34)17-9-11-19(12-10-17)32-14-13-27-16-32/h4-16H,1-3H3,(H,28,33)(H,29,30). The minimum Gasteiger partial charge on any atom is -0.342 e. The Labute approximate surface area is 206 Å². The van der Waals surface area contributed by atoms with Crippen LogP contribution in [-0.4, -0.2) is 38.6 Å². The summed E-state index contributed by atoms with van der Waals surface area (Å²) in [6.07, 6.45) is 5.25. The molecule has 0 atom stereocenters. The molecule has 0 radical (unpaired) electrons. The van der Waals surface area contributed by atoms with E-state index in [9.17, 15) is 9.59 Å². The first kappa shape index (κ1) is 22.5. The van der Waals surface area contributed by atoms with Gasteiger partial charge >= 0.3 is 0 Å². The summed E-state index contributed by atoms with van der Waals surface area (Å²) in [5.41, 5.74) is 1.93. The van der Waals surface area contributed by atoms with E-state index in [1.807, 2.05) is 67.1 Å². The van der Waals surface area contributed by atoms with Crippen molar-refractivity contribution in [3.8, 4) is 5.69 Å². The van der Waals surface area contributed by atoms with Gasteiger partial charge in [0.05, 0.1) is 22.1 Å². The number of aromatic nitrogens is 4. The van der Waals surface area contributed by atoms with Gasteiger partial charge in [-0.15, -0.1) is 11.3 Å². The molecule has 35 heavy (non-hydrogen) atoms. The van der Waals surface area contributed by atoms with E-state index in [-0.39, 0.29) is 11.8 Å². The molecule has 0 spiro atoms. The molecule has 5 aromatic rings. The van der Waals surface area contributed by atoms with Gasteiger partial charge in [0.15, 0.2) is 0 Å². The second-order valence-corrected chi connectivity index (χ2v) is 9.76. The van der Waals surface area contributed by atoms with Crippen molar-refractivity contribution in [1.29, 1.82) is 0 Å². The number of carbonyl (C=O) groups excluding carboxylic acids is 2. The summed E-state index contributed by atoms with van der Waals surface area (Å²) in [7, 11) is 1.69. The van der Waals surface area contributed by atoms with Crippen molar-refractivity contribution in [2.24, 2.45) is 0 Å². The van der Waals surface area contributed by atoms with Crippen LogP contribution in [0.5, 0.6) is 0 Å². The smallest absolute Gasteiger partial charge is 0.262 e. The molecule has 3 heterocycles. The maximum absolute atomic E-state index is 13.2. The normalized spacial score (nSPS) is 11.5. The third-order valence-corrected chi connectivity index (χ3v) is 6.96. The Balaban J connectivity index is 1.35. The molecule has 5 rings (SSSR count). The van der Waals surface area contributed by atoms with Gasteiger partial charge in [0.1, 0.15) is 10.6 Å². The van der Waals surface area contributed by atoms with Crippen molar-refractivity contribution in [1.82, 2.24) is 25.1 Å². The molecule has 0 bridgehead atoms. The summed E-state index contributed by atoms with van der Waals surface area (Å²) in [6, 6.07) is 18.9. The van der Waals surface area contributed by atoms with Crippen LogP contribution in [0.1, 0.15) is 39.4 Å². The van der Waals surface area contributed by atoms with Crippen molar-refractivity contribution in [2.45, 2.75) is 19.4 Å². The van der Waals surface area contributed by atoms with E-state index in [1.54, 1.807) is 37.8 Å². The minimum absolute atomic E-state index is 0.183. The van der Waals surface area contributed by atoms with E-state index in [4.69, 9.17) is 0 Å². The molecule has 8 nitrogen and oxygen atoms in total. The van der Waals surface area contributed by atoms with Gasteiger partial charge in [-0.1, -0.05) is 30.3 Å². The van der Waals surface area contributed by atoms with Crippen LogP contribution in [0.2, 0.25) is 0 Å². The summed E-state index contributed by atoms with van der Waals surface area (Å²) >= 11 is 1.29. The van der Waals surface area contributed by atoms with Crippen molar-refractivity contribution < 1.29 is 9.59 Å². The van der Waals surface area contributed by atoms with Crippen LogP contribution in [0.3, 0.4) is 0 Å². The maximum atomic E-state index is 13.2. The molecule has 9 heteroatoms. The van der Waals surface area contributed by atoms with E-state index in [0.717, 1.165) is 16.6 Å². The third-order valence-electron chi connectivity index (χ3n) is 5.93. The number of nitrogens with one attached hydrogen (secondary N) is 2. The lowest BCUT2D eigenvalue weighted by atomic mass is 9.94. The summed E-state index contributed by atoms with van der Waals surface area (Å²) in [5, 5.41) is 11.1. The third kappa shape index (κ3) is 4.33. The van der Waals surface area contributed by atoms with Crippen LogP contribution in [0.4, 0.5) is 5.82 Å². The molecule has 0 fully saturated rings. The first-order valence-corrected chi connectivity index (χ1v) is 11.9. The number of nitrogens with zero attached hydrogens (tertiary/aromatic N) is 4. The van der Waals surface area contributed by atoms with Crippen LogP contribution in [0.25, 0.3) is 15.9 Å². The number of amides is 2. The lowest BCUT2D eigenvalue weighted by molar-refractivity contribution is 0.0915. The number of anilines is 1. The zero-order chi connectivity index (χ0) is 24.6. The zero-order valence-corrected chi connectivity index (χ0v) is 20.3. The molecule has 0 aliphatic carbocycles. The molecule has 0 unspecified atom stereocenters. The lowest BCUT2D eigenvalue weighted by Crippen LogP contribution is -2.40. The topological polar surface area (TPSA) is 95.9 Å². The molecule has 0 saturated carbocycles. The van der Waals surface area contributed by atoms with Crippen LogP contribution in [-0.2, 0) is 5.54 Å². The number of carbonyl (C=O) groups is 2. The van der Waals surface area contributed by atoms with E-state index in [1.165, 1.54) is 16.2 Å². The number of aromatic amines is 1. The molecule has 3 aromatic heterocycles. The molecule has 0 aliphatic rings. The number of hydrogen-bond donors (Lipinski definition) is 2. The largest absolute Gasteiger partial charge is 0.342 e. The molecule has 2 aromatic carbocycles. The molecular formula is C26H24N6O2S. The first-order chi connectivity index (χ1) is 16.8. The van der Waals surface area contributed by atoms with Crippen molar-refractivity contribution in [3.05, 3.63) is 95.4 Å². The summed E-state index contributed by atoms with van der Waals surface area (Å²) in [5.74, 6) is 0.174. The highest BCUT2D eigenvalue weighted by molar-refractivity contribution is 7.20. The molecule has 0 aliphatic heterocycles. The first-order valence-electron chi connectivity index (χ1n) is 11.1. The number of thiophene rings is 1. The predicted molar refractivity (Wildman–Crippen MR) is 137 cm³/mol.